The zero-order valence-corrected chi connectivity index (χ0v) is 14.1. The van der Waals surface area contributed by atoms with Gasteiger partial charge in [0.1, 0.15) is 17.0 Å². The number of hydrogen-bond donors (Lipinski definition) is 2. The second-order valence-electron chi connectivity index (χ2n) is 5.09. The van der Waals surface area contributed by atoms with Gasteiger partial charge in [-0.3, -0.25) is 25.0 Å². The van der Waals surface area contributed by atoms with Gasteiger partial charge < -0.3 is 15.8 Å². The number of primary amides is 1. The Labute approximate surface area is 151 Å². The van der Waals surface area contributed by atoms with Crippen LogP contribution in [-0.4, -0.2) is 22.9 Å². The fourth-order valence-electron chi connectivity index (χ4n) is 2.24. The number of nitro groups is 2. The van der Waals surface area contributed by atoms with Crippen LogP contribution in [0.1, 0.15) is 15.9 Å². The molecule has 0 saturated heterocycles. The van der Waals surface area contributed by atoms with Crippen molar-refractivity contribution in [3.05, 3.63) is 66.7 Å². The predicted octanol–water partition coefficient (Wildman–Crippen LogP) is 2.88. The van der Waals surface area contributed by atoms with Crippen molar-refractivity contribution in [3.8, 4) is 5.75 Å². The van der Waals surface area contributed by atoms with E-state index in [1.165, 1.54) is 7.11 Å². The Morgan fingerprint density at radius 2 is 1.85 bits per heavy atom. The van der Waals surface area contributed by atoms with Gasteiger partial charge in [0.05, 0.1) is 28.0 Å². The highest BCUT2D eigenvalue weighted by molar-refractivity contribution is 6.32. The lowest BCUT2D eigenvalue weighted by Crippen LogP contribution is -2.15. The van der Waals surface area contributed by atoms with E-state index in [0.29, 0.717) is 22.4 Å². The number of hydrogen-bond acceptors (Lipinski definition) is 7. The molecular weight excluding hydrogens is 368 g/mol. The summed E-state index contributed by atoms with van der Waals surface area (Å²) in [5.74, 6) is -0.602. The van der Waals surface area contributed by atoms with Crippen LogP contribution in [0.15, 0.2) is 30.3 Å². The van der Waals surface area contributed by atoms with Crippen molar-refractivity contribution in [1.29, 1.82) is 0 Å². The molecule has 0 fully saturated rings. The molecule has 0 heterocycles. The first-order chi connectivity index (χ1) is 12.2. The summed E-state index contributed by atoms with van der Waals surface area (Å²) in [6, 6.07) is 6.59. The van der Waals surface area contributed by atoms with Crippen molar-refractivity contribution in [2.24, 2.45) is 5.73 Å². The highest BCUT2D eigenvalue weighted by Crippen LogP contribution is 2.33. The van der Waals surface area contributed by atoms with Gasteiger partial charge in [-0.1, -0.05) is 17.7 Å². The molecule has 0 saturated carbocycles. The number of anilines is 1. The lowest BCUT2D eigenvalue weighted by Gasteiger charge is -2.10. The van der Waals surface area contributed by atoms with Crippen LogP contribution in [0.25, 0.3) is 0 Å². The molecule has 0 unspecified atom stereocenters. The van der Waals surface area contributed by atoms with Crippen molar-refractivity contribution < 1.29 is 19.4 Å². The Morgan fingerprint density at radius 3 is 2.35 bits per heavy atom. The van der Waals surface area contributed by atoms with Crippen LogP contribution in [0.4, 0.5) is 17.1 Å². The first kappa shape index (κ1) is 18.9. The highest BCUT2D eigenvalue weighted by atomic mass is 35.5. The lowest BCUT2D eigenvalue weighted by molar-refractivity contribution is -0.393. The fourth-order valence-corrected chi connectivity index (χ4v) is 2.52. The third-order valence-electron chi connectivity index (χ3n) is 3.47. The molecule has 0 bridgehead atoms. The average molecular weight is 381 g/mol. The quantitative estimate of drug-likeness (QED) is 0.553. The summed E-state index contributed by atoms with van der Waals surface area (Å²) in [5, 5.41) is 25.3. The van der Waals surface area contributed by atoms with Crippen molar-refractivity contribution in [3.63, 3.8) is 0 Å². The Morgan fingerprint density at radius 1 is 1.19 bits per heavy atom. The molecule has 0 radical (unpaired) electrons. The van der Waals surface area contributed by atoms with E-state index in [1.807, 2.05) is 0 Å². The Bertz CT molecular complexity index is 902. The standard InChI is InChI=1S/C15H13ClN4O6/c1-26-14-3-2-8(4-10(14)16)7-18-11-5-9(15(17)21)12(19(22)23)6-13(11)20(24)25/h2-6,18H,7H2,1H3,(H2,17,21). The zero-order valence-electron chi connectivity index (χ0n) is 13.4. The number of halogens is 1. The molecule has 3 N–H and O–H groups in total. The minimum atomic E-state index is -1.07. The second-order valence-corrected chi connectivity index (χ2v) is 5.49. The van der Waals surface area contributed by atoms with Crippen LogP contribution in [-0.2, 0) is 6.54 Å². The molecule has 0 aliphatic rings. The monoisotopic (exact) mass is 380 g/mol. The maximum atomic E-state index is 11.4. The van der Waals surface area contributed by atoms with Crippen LogP contribution in [0, 0.1) is 20.2 Å². The van der Waals surface area contributed by atoms with E-state index in [4.69, 9.17) is 22.1 Å². The van der Waals surface area contributed by atoms with Crippen LogP contribution in [0.2, 0.25) is 5.02 Å². The van der Waals surface area contributed by atoms with Gasteiger partial charge >= 0.3 is 0 Å². The van der Waals surface area contributed by atoms with Gasteiger partial charge in [0, 0.05) is 6.54 Å². The molecule has 26 heavy (non-hydrogen) atoms. The molecule has 0 aliphatic carbocycles. The minimum Gasteiger partial charge on any atom is -0.495 e. The number of amides is 1. The topological polar surface area (TPSA) is 151 Å². The van der Waals surface area contributed by atoms with Gasteiger partial charge in [-0.2, -0.15) is 0 Å². The van der Waals surface area contributed by atoms with Gasteiger partial charge in [0.15, 0.2) is 0 Å². The average Bonchev–Trinajstić information content (AvgIpc) is 2.58. The number of nitrogens with two attached hydrogens (primary N) is 1. The minimum absolute atomic E-state index is 0.0821. The largest absolute Gasteiger partial charge is 0.495 e. The van der Waals surface area contributed by atoms with E-state index in [0.717, 1.165) is 6.07 Å². The summed E-state index contributed by atoms with van der Waals surface area (Å²) in [7, 11) is 1.46. The molecule has 2 aromatic rings. The van der Waals surface area contributed by atoms with Crippen molar-refractivity contribution in [2.75, 3.05) is 12.4 Å². The number of rotatable bonds is 7. The molecule has 10 nitrogen and oxygen atoms in total. The number of carbonyl (C=O) groups is 1. The Balaban J connectivity index is 2.40. The summed E-state index contributed by atoms with van der Waals surface area (Å²) in [4.78, 5) is 32.0. The van der Waals surface area contributed by atoms with Gasteiger partial charge in [0.2, 0.25) is 0 Å². The maximum absolute atomic E-state index is 11.4. The van der Waals surface area contributed by atoms with Crippen molar-refractivity contribution in [2.45, 2.75) is 6.54 Å². The van der Waals surface area contributed by atoms with E-state index in [1.54, 1.807) is 18.2 Å². The van der Waals surface area contributed by atoms with Gasteiger partial charge in [-0.05, 0) is 23.8 Å². The number of nitrogens with one attached hydrogen (secondary N) is 1. The first-order valence-corrected chi connectivity index (χ1v) is 7.45. The summed E-state index contributed by atoms with van der Waals surface area (Å²) in [6.45, 7) is 0.112. The Hall–Kier alpha value is -3.40. The molecular formula is C15H13ClN4O6. The molecule has 0 aliphatic heterocycles. The third-order valence-corrected chi connectivity index (χ3v) is 3.77. The fraction of sp³-hybridized carbons (Fsp3) is 0.133. The molecule has 0 atom stereocenters. The first-order valence-electron chi connectivity index (χ1n) is 7.07. The van der Waals surface area contributed by atoms with Crippen molar-refractivity contribution >= 4 is 34.6 Å². The molecule has 0 aromatic heterocycles. The number of methoxy groups -OCH3 is 1. The molecule has 136 valence electrons. The van der Waals surface area contributed by atoms with E-state index in [-0.39, 0.29) is 12.2 Å². The zero-order chi connectivity index (χ0) is 19.4. The molecule has 11 heteroatoms. The van der Waals surface area contributed by atoms with Crippen molar-refractivity contribution in [1.82, 2.24) is 0 Å². The summed E-state index contributed by atoms with van der Waals surface area (Å²) >= 11 is 6.02. The molecule has 0 spiro atoms. The van der Waals surface area contributed by atoms with Crippen LogP contribution >= 0.6 is 11.6 Å². The van der Waals surface area contributed by atoms with Gasteiger partial charge in [-0.25, -0.2) is 0 Å². The third kappa shape index (κ3) is 3.98. The van der Waals surface area contributed by atoms with E-state index in [2.05, 4.69) is 5.32 Å². The number of ether oxygens (including phenoxy) is 1. The van der Waals surface area contributed by atoms with Crippen LogP contribution in [0.5, 0.6) is 5.75 Å². The van der Waals surface area contributed by atoms with E-state index < -0.39 is 32.7 Å². The smallest absolute Gasteiger partial charge is 0.299 e. The number of nitrogens with zero attached hydrogens (tertiary/aromatic N) is 2. The van der Waals surface area contributed by atoms with Crippen LogP contribution < -0.4 is 15.8 Å². The number of nitro benzene ring substituents is 2. The number of carbonyl (C=O) groups excluding carboxylic acids is 1. The summed E-state index contributed by atoms with van der Waals surface area (Å²) < 4.78 is 5.03. The molecule has 1 amide bonds. The van der Waals surface area contributed by atoms with Gasteiger partial charge in [0.25, 0.3) is 17.3 Å². The lowest BCUT2D eigenvalue weighted by atomic mass is 10.1. The summed E-state index contributed by atoms with van der Waals surface area (Å²) in [5.41, 5.74) is 4.00. The second kappa shape index (κ2) is 7.66. The predicted molar refractivity (Wildman–Crippen MR) is 93.6 cm³/mol. The van der Waals surface area contributed by atoms with Crippen LogP contribution in [0.3, 0.4) is 0 Å². The molecule has 2 aromatic carbocycles. The van der Waals surface area contributed by atoms with Gasteiger partial charge in [-0.15, -0.1) is 0 Å². The van der Waals surface area contributed by atoms with E-state index >= 15 is 0 Å². The normalized spacial score (nSPS) is 10.2. The van der Waals surface area contributed by atoms with E-state index in [9.17, 15) is 25.0 Å². The molecule has 2 rings (SSSR count). The number of benzene rings is 2. The Kier molecular flexibility index (Phi) is 5.58. The maximum Gasteiger partial charge on any atom is 0.299 e. The summed E-state index contributed by atoms with van der Waals surface area (Å²) in [6.07, 6.45) is 0. The highest BCUT2D eigenvalue weighted by Gasteiger charge is 2.27. The SMILES string of the molecule is COc1ccc(CNc2cc(C(N)=O)c([N+](=O)[O-])cc2[N+](=O)[O-])cc1Cl.